The van der Waals surface area contributed by atoms with Crippen LogP contribution in [0.3, 0.4) is 0 Å². The van der Waals surface area contributed by atoms with E-state index in [0.717, 1.165) is 44.0 Å². The van der Waals surface area contributed by atoms with Crippen LogP contribution in [0.2, 0.25) is 0 Å². The second kappa shape index (κ2) is 8.08. The van der Waals surface area contributed by atoms with Crippen LogP contribution in [0.1, 0.15) is 11.9 Å². The van der Waals surface area contributed by atoms with Crippen LogP contribution < -0.4 is 9.64 Å². The SMILES string of the molecule is COc1ccccc1N1CCN(CC2CO[C@H](c3ccccc3)O2)CC1. The van der Waals surface area contributed by atoms with Gasteiger partial charge in [0.15, 0.2) is 6.29 Å². The molecule has 0 bridgehead atoms. The van der Waals surface area contributed by atoms with E-state index in [1.54, 1.807) is 7.11 Å². The summed E-state index contributed by atoms with van der Waals surface area (Å²) in [6.07, 6.45) is -0.0888. The maximum atomic E-state index is 6.10. The van der Waals surface area contributed by atoms with Crippen LogP contribution >= 0.6 is 0 Å². The van der Waals surface area contributed by atoms with Crippen LogP contribution in [-0.2, 0) is 9.47 Å². The van der Waals surface area contributed by atoms with Crippen LogP contribution in [-0.4, -0.2) is 57.4 Å². The fraction of sp³-hybridized carbons (Fsp3) is 0.429. The van der Waals surface area contributed by atoms with Gasteiger partial charge in [0.2, 0.25) is 0 Å². The van der Waals surface area contributed by atoms with Gasteiger partial charge in [0.05, 0.1) is 25.5 Å². The van der Waals surface area contributed by atoms with Gasteiger partial charge in [-0.1, -0.05) is 42.5 Å². The fourth-order valence-corrected chi connectivity index (χ4v) is 3.68. The first-order chi connectivity index (χ1) is 12.8. The first kappa shape index (κ1) is 17.3. The number of benzene rings is 2. The summed E-state index contributed by atoms with van der Waals surface area (Å²) in [4.78, 5) is 4.86. The van der Waals surface area contributed by atoms with E-state index in [1.807, 2.05) is 30.3 Å². The molecule has 4 rings (SSSR count). The highest BCUT2D eigenvalue weighted by molar-refractivity contribution is 5.58. The van der Waals surface area contributed by atoms with E-state index < -0.39 is 0 Å². The van der Waals surface area contributed by atoms with E-state index in [0.29, 0.717) is 6.61 Å². The van der Waals surface area contributed by atoms with Gasteiger partial charge in [0.25, 0.3) is 0 Å². The summed E-state index contributed by atoms with van der Waals surface area (Å²) in [6.45, 7) is 5.61. The molecule has 2 atom stereocenters. The van der Waals surface area contributed by atoms with E-state index in [4.69, 9.17) is 14.2 Å². The number of anilines is 1. The van der Waals surface area contributed by atoms with Crippen molar-refractivity contribution in [3.05, 3.63) is 60.2 Å². The molecule has 2 aromatic carbocycles. The Hall–Kier alpha value is -2.08. The lowest BCUT2D eigenvalue weighted by atomic mass is 10.2. The molecule has 2 aromatic rings. The number of para-hydroxylation sites is 2. The van der Waals surface area contributed by atoms with E-state index >= 15 is 0 Å². The highest BCUT2D eigenvalue weighted by Gasteiger charge is 2.30. The summed E-state index contributed by atoms with van der Waals surface area (Å²) >= 11 is 0. The molecule has 2 aliphatic heterocycles. The normalized spacial score (nSPS) is 24.0. The molecule has 0 spiro atoms. The minimum atomic E-state index is -0.226. The molecule has 5 nitrogen and oxygen atoms in total. The average molecular weight is 354 g/mol. The lowest BCUT2D eigenvalue weighted by molar-refractivity contribution is -0.0644. The summed E-state index contributed by atoms with van der Waals surface area (Å²) in [7, 11) is 1.73. The Bertz CT molecular complexity index is 701. The molecule has 1 unspecified atom stereocenters. The van der Waals surface area contributed by atoms with Crippen LogP contribution in [0.4, 0.5) is 5.69 Å². The highest BCUT2D eigenvalue weighted by Crippen LogP contribution is 2.29. The van der Waals surface area contributed by atoms with Crippen molar-refractivity contribution in [2.45, 2.75) is 12.4 Å². The Morgan fingerprint density at radius 1 is 0.962 bits per heavy atom. The molecule has 2 heterocycles. The van der Waals surface area contributed by atoms with Crippen molar-refractivity contribution in [1.82, 2.24) is 4.90 Å². The zero-order valence-electron chi connectivity index (χ0n) is 15.2. The van der Waals surface area contributed by atoms with Crippen LogP contribution in [0.15, 0.2) is 54.6 Å². The first-order valence-electron chi connectivity index (χ1n) is 9.26. The summed E-state index contributed by atoms with van der Waals surface area (Å²) in [5.41, 5.74) is 2.27. The van der Waals surface area contributed by atoms with E-state index in [9.17, 15) is 0 Å². The number of hydrogen-bond acceptors (Lipinski definition) is 5. The Kier molecular flexibility index (Phi) is 5.39. The third-order valence-electron chi connectivity index (χ3n) is 5.08. The molecule has 2 aliphatic rings. The largest absolute Gasteiger partial charge is 0.495 e. The molecule has 2 saturated heterocycles. The Balaban J connectivity index is 1.28. The van der Waals surface area contributed by atoms with Crippen molar-refractivity contribution in [1.29, 1.82) is 0 Å². The van der Waals surface area contributed by atoms with Crippen LogP contribution in [0, 0.1) is 0 Å². The van der Waals surface area contributed by atoms with Gasteiger partial charge in [-0.05, 0) is 12.1 Å². The Morgan fingerprint density at radius 3 is 2.46 bits per heavy atom. The second-order valence-corrected chi connectivity index (χ2v) is 6.79. The third kappa shape index (κ3) is 3.85. The van der Waals surface area contributed by atoms with Crippen molar-refractivity contribution in [3.8, 4) is 5.75 Å². The molecule has 138 valence electrons. The molecule has 0 saturated carbocycles. The highest BCUT2D eigenvalue weighted by atomic mass is 16.7. The van der Waals surface area contributed by atoms with Crippen molar-refractivity contribution < 1.29 is 14.2 Å². The van der Waals surface area contributed by atoms with Gasteiger partial charge in [-0.15, -0.1) is 0 Å². The van der Waals surface area contributed by atoms with Gasteiger partial charge in [0, 0.05) is 38.3 Å². The predicted octanol–water partition coefficient (Wildman–Crippen LogP) is 2.93. The summed E-state index contributed by atoms with van der Waals surface area (Å²) < 4.78 is 17.4. The number of hydrogen-bond donors (Lipinski definition) is 0. The molecule has 0 radical (unpaired) electrons. The number of rotatable bonds is 5. The maximum Gasteiger partial charge on any atom is 0.184 e. The van der Waals surface area contributed by atoms with Crippen molar-refractivity contribution >= 4 is 5.69 Å². The molecule has 0 amide bonds. The molecular weight excluding hydrogens is 328 g/mol. The summed E-state index contributed by atoms with van der Waals surface area (Å²) in [5, 5.41) is 0. The van der Waals surface area contributed by atoms with Crippen LogP contribution in [0.5, 0.6) is 5.75 Å². The minimum absolute atomic E-state index is 0.137. The second-order valence-electron chi connectivity index (χ2n) is 6.79. The average Bonchev–Trinajstić information content (AvgIpc) is 3.18. The standard InChI is InChI=1S/C21H26N2O3/c1-24-20-10-6-5-9-19(20)23-13-11-22(12-14-23)15-18-16-25-21(26-18)17-7-3-2-4-8-17/h2-10,18,21H,11-16H2,1H3/t18?,21-/m0/s1. The van der Waals surface area contributed by atoms with Gasteiger partial charge in [0.1, 0.15) is 5.75 Å². The molecule has 5 heteroatoms. The number of piperazine rings is 1. The van der Waals surface area contributed by atoms with Crippen molar-refractivity contribution in [2.75, 3.05) is 51.3 Å². The predicted molar refractivity (Wildman–Crippen MR) is 102 cm³/mol. The summed E-state index contributed by atoms with van der Waals surface area (Å²) in [5.74, 6) is 0.944. The maximum absolute atomic E-state index is 6.10. The first-order valence-corrected chi connectivity index (χ1v) is 9.26. The lowest BCUT2D eigenvalue weighted by Crippen LogP contribution is -2.49. The zero-order chi connectivity index (χ0) is 17.8. The number of ether oxygens (including phenoxy) is 3. The smallest absolute Gasteiger partial charge is 0.184 e. The van der Waals surface area contributed by atoms with Gasteiger partial charge >= 0.3 is 0 Å². The monoisotopic (exact) mass is 354 g/mol. The van der Waals surface area contributed by atoms with Gasteiger partial charge in [-0.3, -0.25) is 4.90 Å². The van der Waals surface area contributed by atoms with Crippen molar-refractivity contribution in [2.24, 2.45) is 0 Å². The third-order valence-corrected chi connectivity index (χ3v) is 5.08. The van der Waals surface area contributed by atoms with Gasteiger partial charge < -0.3 is 19.1 Å². The number of nitrogens with zero attached hydrogens (tertiary/aromatic N) is 2. The molecule has 0 aromatic heterocycles. The van der Waals surface area contributed by atoms with E-state index in [1.165, 1.54) is 5.69 Å². The molecule has 0 aliphatic carbocycles. The Labute approximate surface area is 155 Å². The molecular formula is C21H26N2O3. The minimum Gasteiger partial charge on any atom is -0.495 e. The van der Waals surface area contributed by atoms with Gasteiger partial charge in [-0.25, -0.2) is 0 Å². The lowest BCUT2D eigenvalue weighted by Gasteiger charge is -2.37. The van der Waals surface area contributed by atoms with Crippen molar-refractivity contribution in [3.63, 3.8) is 0 Å². The number of methoxy groups -OCH3 is 1. The Morgan fingerprint density at radius 2 is 1.69 bits per heavy atom. The molecule has 0 N–H and O–H groups in total. The van der Waals surface area contributed by atoms with Crippen LogP contribution in [0.25, 0.3) is 0 Å². The summed E-state index contributed by atoms with van der Waals surface area (Å²) in [6, 6.07) is 18.4. The topological polar surface area (TPSA) is 34.2 Å². The zero-order valence-corrected chi connectivity index (χ0v) is 15.2. The molecule has 2 fully saturated rings. The van der Waals surface area contributed by atoms with E-state index in [2.05, 4.69) is 34.1 Å². The van der Waals surface area contributed by atoms with Gasteiger partial charge in [-0.2, -0.15) is 0 Å². The van der Waals surface area contributed by atoms with E-state index in [-0.39, 0.29) is 12.4 Å². The quantitative estimate of drug-likeness (QED) is 0.825. The molecule has 26 heavy (non-hydrogen) atoms. The fourth-order valence-electron chi connectivity index (χ4n) is 3.68.